The van der Waals surface area contributed by atoms with Gasteiger partial charge in [0, 0.05) is 63.4 Å². The zero-order valence-corrected chi connectivity index (χ0v) is 18.4. The molecule has 3 aromatic heterocycles. The maximum Gasteiger partial charge on any atom is 0.271 e. The van der Waals surface area contributed by atoms with Crippen molar-refractivity contribution in [1.82, 2.24) is 30.0 Å². The van der Waals surface area contributed by atoms with Crippen LogP contribution >= 0.6 is 0 Å². The number of likely N-dealkylation sites (tertiary alicyclic amines) is 1. The van der Waals surface area contributed by atoms with Gasteiger partial charge in [0.15, 0.2) is 0 Å². The fourth-order valence-electron chi connectivity index (χ4n) is 4.59. The lowest BCUT2D eigenvalue weighted by Crippen LogP contribution is -2.53. The summed E-state index contributed by atoms with van der Waals surface area (Å²) in [7, 11) is 0. The van der Waals surface area contributed by atoms with E-state index in [0.29, 0.717) is 37.6 Å². The summed E-state index contributed by atoms with van der Waals surface area (Å²) in [6.07, 6.45) is 6.82. The predicted molar refractivity (Wildman–Crippen MR) is 123 cm³/mol. The van der Waals surface area contributed by atoms with E-state index in [1.165, 1.54) is 0 Å². The van der Waals surface area contributed by atoms with Crippen LogP contribution in [-0.2, 0) is 4.79 Å². The molecule has 0 bridgehead atoms. The number of amides is 2. The number of H-pyrrole nitrogens is 1. The SMILES string of the molecule is O=C(c1cc(-c2ccncc2)n[nH]1)N1CCC[C@H](C(=O)N2CCN(c3ccccn3)CC2)C1. The molecule has 170 valence electrons. The van der Waals surface area contributed by atoms with Crippen LogP contribution < -0.4 is 4.90 Å². The summed E-state index contributed by atoms with van der Waals surface area (Å²) < 4.78 is 0. The van der Waals surface area contributed by atoms with Gasteiger partial charge in [0.25, 0.3) is 5.91 Å². The van der Waals surface area contributed by atoms with Crippen LogP contribution in [0.3, 0.4) is 0 Å². The van der Waals surface area contributed by atoms with Crippen LogP contribution in [0.15, 0.2) is 55.0 Å². The van der Waals surface area contributed by atoms with E-state index in [1.54, 1.807) is 29.6 Å². The molecule has 0 spiro atoms. The minimum atomic E-state index is -0.160. The quantitative estimate of drug-likeness (QED) is 0.660. The fourth-order valence-corrected chi connectivity index (χ4v) is 4.59. The molecule has 5 heterocycles. The van der Waals surface area contributed by atoms with E-state index < -0.39 is 0 Å². The molecule has 0 radical (unpaired) electrons. The van der Waals surface area contributed by atoms with Crippen molar-refractivity contribution >= 4 is 17.6 Å². The molecule has 2 saturated heterocycles. The van der Waals surface area contributed by atoms with Crippen LogP contribution in [0.4, 0.5) is 5.82 Å². The number of aromatic amines is 1. The molecular weight excluding hydrogens is 418 g/mol. The number of piperazine rings is 1. The molecule has 33 heavy (non-hydrogen) atoms. The van der Waals surface area contributed by atoms with E-state index in [1.807, 2.05) is 35.2 Å². The number of rotatable bonds is 4. The molecule has 2 amide bonds. The second-order valence-corrected chi connectivity index (χ2v) is 8.49. The lowest BCUT2D eigenvalue weighted by Gasteiger charge is -2.39. The standard InChI is InChI=1S/C24H27N7O2/c32-23(30-14-12-29(13-15-30)22-5-1-2-8-26-22)19-4-3-11-31(17-19)24(33)21-16-20(27-28-21)18-6-9-25-10-7-18/h1-2,5-10,16,19H,3-4,11-15,17H2,(H,27,28)/t19-/m0/s1. The molecule has 2 aliphatic heterocycles. The first-order chi connectivity index (χ1) is 16.2. The first kappa shape index (κ1) is 21.1. The molecule has 5 rings (SSSR count). The largest absolute Gasteiger partial charge is 0.353 e. The number of nitrogens with zero attached hydrogens (tertiary/aromatic N) is 6. The number of hydrogen-bond donors (Lipinski definition) is 1. The normalized spacial score (nSPS) is 18.9. The van der Waals surface area contributed by atoms with Gasteiger partial charge in [-0.25, -0.2) is 4.98 Å². The summed E-state index contributed by atoms with van der Waals surface area (Å²) in [5, 5.41) is 7.14. The number of carbonyl (C=O) groups is 2. The lowest BCUT2D eigenvalue weighted by molar-refractivity contribution is -0.137. The van der Waals surface area contributed by atoms with Crippen molar-refractivity contribution in [3.8, 4) is 11.3 Å². The van der Waals surface area contributed by atoms with Crippen molar-refractivity contribution in [3.05, 3.63) is 60.7 Å². The molecular formula is C24H27N7O2. The second-order valence-electron chi connectivity index (χ2n) is 8.49. The van der Waals surface area contributed by atoms with Gasteiger partial charge in [-0.2, -0.15) is 5.10 Å². The van der Waals surface area contributed by atoms with Crippen LogP contribution in [0.5, 0.6) is 0 Å². The maximum absolute atomic E-state index is 13.2. The van der Waals surface area contributed by atoms with Crippen LogP contribution in [-0.4, -0.2) is 81.0 Å². The van der Waals surface area contributed by atoms with E-state index in [9.17, 15) is 9.59 Å². The molecule has 3 aromatic rings. The monoisotopic (exact) mass is 445 g/mol. The summed E-state index contributed by atoms with van der Waals surface area (Å²) in [6, 6.07) is 11.4. The Kier molecular flexibility index (Phi) is 6.01. The number of hydrogen-bond acceptors (Lipinski definition) is 6. The molecule has 9 heteroatoms. The van der Waals surface area contributed by atoms with E-state index in [0.717, 1.165) is 37.3 Å². The molecule has 1 atom stereocenters. The summed E-state index contributed by atoms with van der Waals surface area (Å²) in [4.78, 5) is 40.7. The highest BCUT2D eigenvalue weighted by atomic mass is 16.2. The van der Waals surface area contributed by atoms with E-state index >= 15 is 0 Å². The van der Waals surface area contributed by atoms with E-state index in [4.69, 9.17) is 0 Å². The maximum atomic E-state index is 13.2. The molecule has 9 nitrogen and oxygen atoms in total. The number of piperidine rings is 1. The Morgan fingerprint density at radius 2 is 1.76 bits per heavy atom. The summed E-state index contributed by atoms with van der Waals surface area (Å²) in [6.45, 7) is 3.99. The van der Waals surface area contributed by atoms with Crippen LogP contribution in [0.1, 0.15) is 23.3 Å². The van der Waals surface area contributed by atoms with Gasteiger partial charge in [-0.15, -0.1) is 0 Å². The summed E-state index contributed by atoms with van der Waals surface area (Å²) in [5.41, 5.74) is 2.05. The first-order valence-electron chi connectivity index (χ1n) is 11.4. The Morgan fingerprint density at radius 1 is 0.939 bits per heavy atom. The predicted octanol–water partition coefficient (Wildman–Crippen LogP) is 2.07. The fraction of sp³-hybridized carbons (Fsp3) is 0.375. The van der Waals surface area contributed by atoms with Crippen LogP contribution in [0.2, 0.25) is 0 Å². The number of nitrogens with one attached hydrogen (secondary N) is 1. The second kappa shape index (κ2) is 9.40. The minimum Gasteiger partial charge on any atom is -0.353 e. The summed E-state index contributed by atoms with van der Waals surface area (Å²) >= 11 is 0. The zero-order chi connectivity index (χ0) is 22.6. The van der Waals surface area contributed by atoms with Gasteiger partial charge in [0.1, 0.15) is 11.5 Å². The summed E-state index contributed by atoms with van der Waals surface area (Å²) in [5.74, 6) is 0.826. The van der Waals surface area contributed by atoms with E-state index in [2.05, 4.69) is 25.1 Å². The topological polar surface area (TPSA) is 98.3 Å². The van der Waals surface area contributed by atoms with Gasteiger partial charge in [0.05, 0.1) is 11.6 Å². The van der Waals surface area contributed by atoms with Crippen molar-refractivity contribution in [2.45, 2.75) is 12.8 Å². The van der Waals surface area contributed by atoms with Crippen molar-refractivity contribution in [2.24, 2.45) is 5.92 Å². The Hall–Kier alpha value is -3.75. The van der Waals surface area contributed by atoms with Crippen molar-refractivity contribution < 1.29 is 9.59 Å². The van der Waals surface area contributed by atoms with Crippen LogP contribution in [0, 0.1) is 5.92 Å². The Balaban J connectivity index is 1.19. The van der Waals surface area contributed by atoms with Crippen molar-refractivity contribution in [1.29, 1.82) is 0 Å². The third kappa shape index (κ3) is 4.57. The molecule has 0 aliphatic carbocycles. The van der Waals surface area contributed by atoms with Gasteiger partial charge >= 0.3 is 0 Å². The van der Waals surface area contributed by atoms with Gasteiger partial charge < -0.3 is 14.7 Å². The lowest BCUT2D eigenvalue weighted by atomic mass is 9.96. The Labute approximate surface area is 192 Å². The van der Waals surface area contributed by atoms with Crippen molar-refractivity contribution in [3.63, 3.8) is 0 Å². The molecule has 2 fully saturated rings. The molecule has 2 aliphatic rings. The van der Waals surface area contributed by atoms with Gasteiger partial charge in [0.2, 0.25) is 5.91 Å². The van der Waals surface area contributed by atoms with E-state index in [-0.39, 0.29) is 17.7 Å². The highest BCUT2D eigenvalue weighted by Gasteiger charge is 2.33. The van der Waals surface area contributed by atoms with Gasteiger partial charge in [-0.1, -0.05) is 6.07 Å². The average molecular weight is 446 g/mol. The molecule has 0 unspecified atom stereocenters. The highest BCUT2D eigenvalue weighted by molar-refractivity contribution is 5.94. The van der Waals surface area contributed by atoms with Crippen LogP contribution in [0.25, 0.3) is 11.3 Å². The smallest absolute Gasteiger partial charge is 0.271 e. The first-order valence-corrected chi connectivity index (χ1v) is 11.4. The third-order valence-electron chi connectivity index (χ3n) is 6.41. The highest BCUT2D eigenvalue weighted by Crippen LogP contribution is 2.23. The Morgan fingerprint density at radius 3 is 2.52 bits per heavy atom. The number of aromatic nitrogens is 4. The number of anilines is 1. The Bertz CT molecular complexity index is 1090. The molecule has 1 N–H and O–H groups in total. The molecule has 0 aromatic carbocycles. The minimum absolute atomic E-state index is 0.111. The van der Waals surface area contributed by atoms with Gasteiger partial charge in [-0.05, 0) is 43.2 Å². The van der Waals surface area contributed by atoms with Crippen molar-refractivity contribution in [2.75, 3.05) is 44.2 Å². The number of carbonyl (C=O) groups excluding carboxylic acids is 2. The average Bonchev–Trinajstić information content (AvgIpc) is 3.39. The number of pyridine rings is 2. The molecule has 0 saturated carbocycles. The zero-order valence-electron chi connectivity index (χ0n) is 18.4. The third-order valence-corrected chi connectivity index (χ3v) is 6.41. The van der Waals surface area contributed by atoms with Gasteiger partial charge in [-0.3, -0.25) is 19.7 Å².